The van der Waals surface area contributed by atoms with Crippen LogP contribution in [0, 0.1) is 0 Å². The summed E-state index contributed by atoms with van der Waals surface area (Å²) in [6.07, 6.45) is 0. The van der Waals surface area contributed by atoms with Crippen LogP contribution in [0.2, 0.25) is 0 Å². The van der Waals surface area contributed by atoms with Gasteiger partial charge in [-0.3, -0.25) is 9.59 Å². The van der Waals surface area contributed by atoms with Crippen LogP contribution in [0.1, 0.15) is 13.0 Å². The van der Waals surface area contributed by atoms with Crippen molar-refractivity contribution in [1.29, 1.82) is 0 Å². The van der Waals surface area contributed by atoms with Gasteiger partial charge in [0.25, 0.3) is 5.56 Å². The number of hydrogen-bond acceptors (Lipinski definition) is 5. The van der Waals surface area contributed by atoms with E-state index >= 15 is 0 Å². The van der Waals surface area contributed by atoms with Crippen molar-refractivity contribution in [2.75, 3.05) is 12.4 Å². The maximum Gasteiger partial charge on any atom is 0.267 e. The third kappa shape index (κ3) is 3.77. The summed E-state index contributed by atoms with van der Waals surface area (Å²) < 4.78 is 6.29. The van der Waals surface area contributed by atoms with E-state index in [4.69, 9.17) is 4.74 Å². The molecule has 0 fully saturated rings. The number of rotatable bonds is 5. The summed E-state index contributed by atoms with van der Waals surface area (Å²) in [6.45, 7) is 1.64. The standard InChI is InChI=1S/C18H17N3O3S/c1-12(18(23)19-13-5-7-14(24-2)8-6-13)21-17(22)10-9-15(20-21)16-4-3-11-25-16/h3-12H,1-2H3,(H,19,23). The van der Waals surface area contributed by atoms with Crippen molar-refractivity contribution >= 4 is 22.9 Å². The molecule has 0 bridgehead atoms. The van der Waals surface area contributed by atoms with Gasteiger partial charge in [0, 0.05) is 11.8 Å². The molecule has 6 nitrogen and oxygen atoms in total. The molecule has 0 spiro atoms. The van der Waals surface area contributed by atoms with E-state index in [0.717, 1.165) is 4.88 Å². The fourth-order valence-electron chi connectivity index (χ4n) is 2.29. The van der Waals surface area contributed by atoms with Gasteiger partial charge in [-0.25, -0.2) is 4.68 Å². The Hall–Kier alpha value is -2.93. The Morgan fingerprint density at radius 1 is 1.20 bits per heavy atom. The summed E-state index contributed by atoms with van der Waals surface area (Å²) in [5, 5.41) is 9.06. The molecule has 0 aliphatic rings. The lowest BCUT2D eigenvalue weighted by molar-refractivity contribution is -0.119. The Bertz CT molecular complexity index is 917. The van der Waals surface area contributed by atoms with Crippen molar-refractivity contribution < 1.29 is 9.53 Å². The van der Waals surface area contributed by atoms with Crippen LogP contribution in [0.3, 0.4) is 0 Å². The fourth-order valence-corrected chi connectivity index (χ4v) is 2.98. The van der Waals surface area contributed by atoms with E-state index in [1.54, 1.807) is 44.4 Å². The van der Waals surface area contributed by atoms with Crippen LogP contribution in [0.4, 0.5) is 5.69 Å². The second-order valence-corrected chi connectivity index (χ2v) is 6.32. The maximum absolute atomic E-state index is 12.5. The lowest BCUT2D eigenvalue weighted by Crippen LogP contribution is -2.33. The predicted molar refractivity (Wildman–Crippen MR) is 98.1 cm³/mol. The predicted octanol–water partition coefficient (Wildman–Crippen LogP) is 3.18. The van der Waals surface area contributed by atoms with Gasteiger partial charge >= 0.3 is 0 Å². The monoisotopic (exact) mass is 355 g/mol. The molecule has 1 N–H and O–H groups in total. The third-order valence-corrected chi connectivity index (χ3v) is 4.59. The van der Waals surface area contributed by atoms with Crippen LogP contribution in [0.15, 0.2) is 58.7 Å². The van der Waals surface area contributed by atoms with Crippen molar-refractivity contribution in [3.8, 4) is 16.3 Å². The van der Waals surface area contributed by atoms with Crippen molar-refractivity contribution in [3.63, 3.8) is 0 Å². The van der Waals surface area contributed by atoms with E-state index in [9.17, 15) is 9.59 Å². The van der Waals surface area contributed by atoms with Crippen molar-refractivity contribution in [3.05, 3.63) is 64.3 Å². The molecule has 7 heteroatoms. The number of benzene rings is 1. The molecule has 0 radical (unpaired) electrons. The summed E-state index contributed by atoms with van der Waals surface area (Å²) in [5.41, 5.74) is 0.969. The molecule has 0 aliphatic heterocycles. The minimum Gasteiger partial charge on any atom is -0.497 e. The highest BCUT2D eigenvalue weighted by molar-refractivity contribution is 7.13. The number of ether oxygens (including phenoxy) is 1. The smallest absolute Gasteiger partial charge is 0.267 e. The minimum absolute atomic E-state index is 0.317. The van der Waals surface area contributed by atoms with Gasteiger partial charge in [0.2, 0.25) is 5.91 Å². The number of nitrogens with one attached hydrogen (secondary N) is 1. The summed E-state index contributed by atoms with van der Waals surface area (Å²) in [7, 11) is 1.58. The van der Waals surface area contributed by atoms with Crippen LogP contribution in [0.25, 0.3) is 10.6 Å². The summed E-state index contributed by atoms with van der Waals surface area (Å²) >= 11 is 1.53. The molecule has 2 heterocycles. The van der Waals surface area contributed by atoms with Crippen LogP contribution < -0.4 is 15.6 Å². The molecule has 1 aromatic carbocycles. The zero-order valence-corrected chi connectivity index (χ0v) is 14.6. The number of amides is 1. The van der Waals surface area contributed by atoms with Crippen molar-refractivity contribution in [1.82, 2.24) is 9.78 Å². The van der Waals surface area contributed by atoms with Gasteiger partial charge in [-0.2, -0.15) is 5.10 Å². The summed E-state index contributed by atoms with van der Waals surface area (Å²) in [6, 6.07) is 13.2. The van der Waals surface area contributed by atoms with Crippen LogP contribution in [-0.2, 0) is 4.79 Å². The Labute approximate surface area is 148 Å². The Balaban J connectivity index is 1.81. The van der Waals surface area contributed by atoms with Crippen LogP contribution in [0.5, 0.6) is 5.75 Å². The first-order chi connectivity index (χ1) is 12.1. The van der Waals surface area contributed by atoms with Gasteiger partial charge in [0.05, 0.1) is 12.0 Å². The lowest BCUT2D eigenvalue weighted by atomic mass is 10.2. The first-order valence-corrected chi connectivity index (χ1v) is 8.55. The SMILES string of the molecule is COc1ccc(NC(=O)C(C)n2nc(-c3cccs3)ccc2=O)cc1. The second kappa shape index (κ2) is 7.31. The lowest BCUT2D eigenvalue weighted by Gasteiger charge is -2.15. The van der Waals surface area contributed by atoms with Gasteiger partial charge in [-0.1, -0.05) is 6.07 Å². The number of thiophene rings is 1. The Morgan fingerprint density at radius 3 is 2.60 bits per heavy atom. The Morgan fingerprint density at radius 2 is 1.96 bits per heavy atom. The second-order valence-electron chi connectivity index (χ2n) is 5.37. The number of carbonyl (C=O) groups is 1. The van der Waals surface area contributed by atoms with Gasteiger partial charge in [0.15, 0.2) is 0 Å². The van der Waals surface area contributed by atoms with Gasteiger partial charge in [0.1, 0.15) is 17.5 Å². The van der Waals surface area contributed by atoms with Gasteiger partial charge in [-0.05, 0) is 48.7 Å². The molecule has 3 rings (SSSR count). The highest BCUT2D eigenvalue weighted by Gasteiger charge is 2.18. The number of methoxy groups -OCH3 is 1. The first-order valence-electron chi connectivity index (χ1n) is 7.67. The molecule has 3 aromatic rings. The average molecular weight is 355 g/mol. The average Bonchev–Trinajstić information content (AvgIpc) is 3.17. The maximum atomic E-state index is 12.5. The van der Waals surface area contributed by atoms with E-state index < -0.39 is 6.04 Å². The number of carbonyl (C=O) groups excluding carboxylic acids is 1. The molecular formula is C18H17N3O3S. The topological polar surface area (TPSA) is 73.2 Å². The minimum atomic E-state index is -0.741. The highest BCUT2D eigenvalue weighted by Crippen LogP contribution is 2.22. The molecule has 25 heavy (non-hydrogen) atoms. The van der Waals surface area contributed by atoms with Crippen molar-refractivity contribution in [2.24, 2.45) is 0 Å². The highest BCUT2D eigenvalue weighted by atomic mass is 32.1. The van der Waals surface area contributed by atoms with Crippen molar-refractivity contribution in [2.45, 2.75) is 13.0 Å². The van der Waals surface area contributed by atoms with E-state index in [1.165, 1.54) is 22.1 Å². The normalized spacial score (nSPS) is 11.8. The molecule has 0 saturated carbocycles. The zero-order chi connectivity index (χ0) is 17.8. The molecule has 2 aromatic heterocycles. The fraction of sp³-hybridized carbons (Fsp3) is 0.167. The van der Waals surface area contributed by atoms with E-state index in [-0.39, 0.29) is 11.5 Å². The molecule has 128 valence electrons. The molecular weight excluding hydrogens is 338 g/mol. The number of nitrogens with zero attached hydrogens (tertiary/aromatic N) is 2. The first kappa shape index (κ1) is 16.9. The van der Waals surface area contributed by atoms with Gasteiger partial charge in [-0.15, -0.1) is 11.3 Å². The van der Waals surface area contributed by atoms with Crippen LogP contribution in [-0.4, -0.2) is 22.8 Å². The molecule has 1 unspecified atom stereocenters. The number of aromatic nitrogens is 2. The van der Waals surface area contributed by atoms with Crippen LogP contribution >= 0.6 is 11.3 Å². The van der Waals surface area contributed by atoms with E-state index in [0.29, 0.717) is 17.1 Å². The molecule has 0 saturated heterocycles. The van der Waals surface area contributed by atoms with E-state index in [2.05, 4.69) is 10.4 Å². The third-order valence-electron chi connectivity index (χ3n) is 3.70. The molecule has 1 amide bonds. The number of anilines is 1. The quantitative estimate of drug-likeness (QED) is 0.763. The largest absolute Gasteiger partial charge is 0.497 e. The van der Waals surface area contributed by atoms with Gasteiger partial charge < -0.3 is 10.1 Å². The Kier molecular flexibility index (Phi) is 4.95. The number of hydrogen-bond donors (Lipinski definition) is 1. The molecule has 1 atom stereocenters. The molecule has 0 aliphatic carbocycles. The zero-order valence-electron chi connectivity index (χ0n) is 13.8. The summed E-state index contributed by atoms with van der Waals surface area (Å²) in [5.74, 6) is 0.385. The summed E-state index contributed by atoms with van der Waals surface area (Å²) in [4.78, 5) is 25.5. The van der Waals surface area contributed by atoms with E-state index in [1.807, 2.05) is 17.5 Å².